The number of hydrogen-bond donors (Lipinski definition) is 0. The molecule has 0 radical (unpaired) electrons. The number of aryl methyl sites for hydroxylation is 1. The van der Waals surface area contributed by atoms with E-state index in [1.165, 1.54) is 6.42 Å². The Kier molecular flexibility index (Phi) is 7.00. The molecule has 2 aliphatic heterocycles. The molecular weight excluding hydrogens is 402 g/mol. The van der Waals surface area contributed by atoms with Gasteiger partial charge in [0.2, 0.25) is 5.91 Å². The number of amides is 2. The highest BCUT2D eigenvalue weighted by atomic mass is 16.2. The summed E-state index contributed by atoms with van der Waals surface area (Å²) in [6, 6.07) is 14.5. The van der Waals surface area contributed by atoms with Crippen LogP contribution in [0.15, 0.2) is 48.5 Å². The number of nitrogens with zero attached hydrogens (tertiary/aromatic N) is 3. The van der Waals surface area contributed by atoms with Gasteiger partial charge in [-0.05, 0) is 32.3 Å². The Morgan fingerprint density at radius 3 is 2.00 bits per heavy atom. The molecular formula is C26H31N3O3. The lowest BCUT2D eigenvalue weighted by atomic mass is 9.97. The number of rotatable bonds is 5. The molecule has 0 atom stereocenters. The van der Waals surface area contributed by atoms with Crippen molar-refractivity contribution in [2.75, 3.05) is 45.8 Å². The van der Waals surface area contributed by atoms with Crippen LogP contribution >= 0.6 is 0 Å². The summed E-state index contributed by atoms with van der Waals surface area (Å²) in [5.41, 5.74) is 2.54. The number of piperazine rings is 1. The molecule has 2 aromatic rings. The van der Waals surface area contributed by atoms with Crippen LogP contribution in [0.25, 0.3) is 0 Å². The van der Waals surface area contributed by atoms with Crippen molar-refractivity contribution >= 4 is 17.6 Å². The standard InChI is InChI=1S/C26H31N3O3/c1-20-9-11-21(12-10-20)25(31)22-7-3-4-8-23(22)26(32)29-17-15-27(16-18-29)19-24(30)28-13-5-2-6-14-28/h3-4,7-12H,2,5-6,13-19H2,1H3. The van der Waals surface area contributed by atoms with E-state index in [4.69, 9.17) is 0 Å². The molecule has 2 aliphatic rings. The normalized spacial score (nSPS) is 17.3. The minimum absolute atomic E-state index is 0.122. The molecule has 0 N–H and O–H groups in total. The van der Waals surface area contributed by atoms with E-state index in [-0.39, 0.29) is 17.6 Å². The van der Waals surface area contributed by atoms with Crippen molar-refractivity contribution in [2.45, 2.75) is 26.2 Å². The van der Waals surface area contributed by atoms with Gasteiger partial charge in [0, 0.05) is 50.4 Å². The Morgan fingerprint density at radius 1 is 0.719 bits per heavy atom. The van der Waals surface area contributed by atoms with Crippen LogP contribution in [0.4, 0.5) is 0 Å². The van der Waals surface area contributed by atoms with Gasteiger partial charge in [0.1, 0.15) is 0 Å². The summed E-state index contributed by atoms with van der Waals surface area (Å²) in [5, 5.41) is 0. The number of piperidine rings is 1. The number of likely N-dealkylation sites (tertiary alicyclic amines) is 1. The SMILES string of the molecule is Cc1ccc(C(=O)c2ccccc2C(=O)N2CCN(CC(=O)N3CCCCC3)CC2)cc1. The molecule has 168 valence electrons. The summed E-state index contributed by atoms with van der Waals surface area (Å²) in [7, 11) is 0. The third kappa shape index (κ3) is 5.07. The number of hydrogen-bond acceptors (Lipinski definition) is 4. The Bertz CT molecular complexity index is 972. The van der Waals surface area contributed by atoms with E-state index in [2.05, 4.69) is 4.90 Å². The smallest absolute Gasteiger partial charge is 0.254 e. The van der Waals surface area contributed by atoms with E-state index in [0.29, 0.717) is 49.4 Å². The summed E-state index contributed by atoms with van der Waals surface area (Å²) in [4.78, 5) is 44.8. The second kappa shape index (κ2) is 10.1. The zero-order valence-electron chi connectivity index (χ0n) is 18.8. The molecule has 2 amide bonds. The van der Waals surface area contributed by atoms with Gasteiger partial charge in [-0.3, -0.25) is 19.3 Å². The van der Waals surface area contributed by atoms with Crippen molar-refractivity contribution in [1.29, 1.82) is 0 Å². The van der Waals surface area contributed by atoms with Crippen LogP contribution in [0, 0.1) is 6.92 Å². The van der Waals surface area contributed by atoms with Crippen LogP contribution < -0.4 is 0 Å². The molecule has 0 aromatic heterocycles. The van der Waals surface area contributed by atoms with Gasteiger partial charge in [0.15, 0.2) is 5.78 Å². The summed E-state index contributed by atoms with van der Waals surface area (Å²) < 4.78 is 0. The minimum atomic E-state index is -0.139. The maximum Gasteiger partial charge on any atom is 0.254 e. The van der Waals surface area contributed by atoms with Crippen molar-refractivity contribution in [1.82, 2.24) is 14.7 Å². The zero-order valence-corrected chi connectivity index (χ0v) is 18.8. The number of benzene rings is 2. The molecule has 6 heteroatoms. The number of carbonyl (C=O) groups is 3. The Labute approximate surface area is 189 Å². The van der Waals surface area contributed by atoms with E-state index >= 15 is 0 Å². The highest BCUT2D eigenvalue weighted by molar-refractivity contribution is 6.15. The van der Waals surface area contributed by atoms with E-state index in [9.17, 15) is 14.4 Å². The lowest BCUT2D eigenvalue weighted by molar-refractivity contribution is -0.133. The first-order valence-corrected chi connectivity index (χ1v) is 11.5. The summed E-state index contributed by atoms with van der Waals surface area (Å²) in [5.74, 6) is -0.0682. The summed E-state index contributed by atoms with van der Waals surface area (Å²) in [6.07, 6.45) is 3.39. The van der Waals surface area contributed by atoms with Crippen LogP contribution in [0.3, 0.4) is 0 Å². The van der Waals surface area contributed by atoms with Crippen LogP contribution in [0.5, 0.6) is 0 Å². The van der Waals surface area contributed by atoms with Gasteiger partial charge in [-0.15, -0.1) is 0 Å². The van der Waals surface area contributed by atoms with Gasteiger partial charge >= 0.3 is 0 Å². The largest absolute Gasteiger partial charge is 0.342 e. The molecule has 2 heterocycles. The van der Waals surface area contributed by atoms with Crippen molar-refractivity contribution in [2.24, 2.45) is 0 Å². The van der Waals surface area contributed by atoms with Crippen LogP contribution in [0.1, 0.15) is 51.1 Å². The van der Waals surface area contributed by atoms with E-state index in [0.717, 1.165) is 31.5 Å². The lowest BCUT2D eigenvalue weighted by Gasteiger charge is -2.36. The maximum absolute atomic E-state index is 13.3. The quantitative estimate of drug-likeness (QED) is 0.680. The lowest BCUT2D eigenvalue weighted by Crippen LogP contribution is -2.52. The first-order chi connectivity index (χ1) is 15.5. The van der Waals surface area contributed by atoms with E-state index in [1.807, 2.05) is 24.0 Å². The molecule has 4 rings (SSSR count). The first kappa shape index (κ1) is 22.2. The fraction of sp³-hybridized carbons (Fsp3) is 0.423. The van der Waals surface area contributed by atoms with Crippen LogP contribution in [-0.2, 0) is 4.79 Å². The first-order valence-electron chi connectivity index (χ1n) is 11.5. The third-order valence-corrected chi connectivity index (χ3v) is 6.44. The Hall–Kier alpha value is -2.99. The second-order valence-electron chi connectivity index (χ2n) is 8.75. The maximum atomic E-state index is 13.3. The highest BCUT2D eigenvalue weighted by Gasteiger charge is 2.27. The number of ketones is 1. The van der Waals surface area contributed by atoms with Crippen molar-refractivity contribution < 1.29 is 14.4 Å². The predicted octanol–water partition coefficient (Wildman–Crippen LogP) is 3.00. The van der Waals surface area contributed by atoms with E-state index in [1.54, 1.807) is 41.3 Å². The molecule has 6 nitrogen and oxygen atoms in total. The zero-order chi connectivity index (χ0) is 22.5. The molecule has 0 spiro atoms. The molecule has 2 aromatic carbocycles. The third-order valence-electron chi connectivity index (χ3n) is 6.44. The average molecular weight is 434 g/mol. The predicted molar refractivity (Wildman–Crippen MR) is 124 cm³/mol. The van der Waals surface area contributed by atoms with Gasteiger partial charge in [-0.1, -0.05) is 48.0 Å². The van der Waals surface area contributed by atoms with Crippen molar-refractivity contribution in [3.05, 3.63) is 70.8 Å². The molecule has 0 aliphatic carbocycles. The van der Waals surface area contributed by atoms with Gasteiger partial charge in [0.05, 0.1) is 12.1 Å². The van der Waals surface area contributed by atoms with Crippen LogP contribution in [-0.4, -0.2) is 78.1 Å². The highest BCUT2D eigenvalue weighted by Crippen LogP contribution is 2.18. The van der Waals surface area contributed by atoms with Gasteiger partial charge < -0.3 is 9.80 Å². The molecule has 0 unspecified atom stereocenters. The van der Waals surface area contributed by atoms with E-state index < -0.39 is 0 Å². The number of carbonyl (C=O) groups excluding carboxylic acids is 3. The molecule has 2 saturated heterocycles. The van der Waals surface area contributed by atoms with Gasteiger partial charge in [0.25, 0.3) is 5.91 Å². The van der Waals surface area contributed by atoms with Crippen molar-refractivity contribution in [3.8, 4) is 0 Å². The fourth-order valence-corrected chi connectivity index (χ4v) is 4.44. The Morgan fingerprint density at radius 2 is 1.34 bits per heavy atom. The molecule has 32 heavy (non-hydrogen) atoms. The van der Waals surface area contributed by atoms with Crippen LogP contribution in [0.2, 0.25) is 0 Å². The minimum Gasteiger partial charge on any atom is -0.342 e. The average Bonchev–Trinajstić information content (AvgIpc) is 2.84. The Balaban J connectivity index is 1.39. The summed E-state index contributed by atoms with van der Waals surface area (Å²) in [6.45, 7) is 6.57. The second-order valence-corrected chi connectivity index (χ2v) is 8.75. The molecule has 2 fully saturated rings. The van der Waals surface area contributed by atoms with Crippen molar-refractivity contribution in [3.63, 3.8) is 0 Å². The topological polar surface area (TPSA) is 60.9 Å². The molecule has 0 saturated carbocycles. The summed E-state index contributed by atoms with van der Waals surface area (Å²) >= 11 is 0. The molecule has 0 bridgehead atoms. The fourth-order valence-electron chi connectivity index (χ4n) is 4.44. The van der Waals surface area contributed by atoms with Gasteiger partial charge in [-0.2, -0.15) is 0 Å². The monoisotopic (exact) mass is 433 g/mol. The van der Waals surface area contributed by atoms with Gasteiger partial charge in [-0.25, -0.2) is 0 Å².